The predicted molar refractivity (Wildman–Crippen MR) is 111 cm³/mol. The van der Waals surface area contributed by atoms with Gasteiger partial charge in [0.15, 0.2) is 0 Å². The first-order chi connectivity index (χ1) is 13.0. The highest BCUT2D eigenvalue weighted by Gasteiger charge is 2.26. The summed E-state index contributed by atoms with van der Waals surface area (Å²) in [5, 5.41) is 2.76. The van der Waals surface area contributed by atoms with Crippen LogP contribution >= 0.6 is 24.0 Å². The lowest BCUT2D eigenvalue weighted by Gasteiger charge is -2.26. The Kier molecular flexibility index (Phi) is 7.10. The van der Waals surface area contributed by atoms with E-state index in [4.69, 9.17) is 17.0 Å². The molecule has 0 aromatic heterocycles. The number of nitrogens with one attached hydrogen (secondary N) is 1. The molecule has 2 heterocycles. The third-order valence-electron chi connectivity index (χ3n) is 4.42. The van der Waals surface area contributed by atoms with Gasteiger partial charge in [0, 0.05) is 31.9 Å². The molecule has 148 valence electrons. The summed E-state index contributed by atoms with van der Waals surface area (Å²) < 4.78 is 32.8. The number of carbonyl (C=O) groups excluding carboxylic acids is 1. The van der Waals surface area contributed by atoms with Crippen LogP contribution in [0.5, 0.6) is 0 Å². The first-order valence-electron chi connectivity index (χ1n) is 8.86. The lowest BCUT2D eigenvalue weighted by molar-refractivity contribution is -0.113. The van der Waals surface area contributed by atoms with Crippen molar-refractivity contribution in [1.82, 2.24) is 9.21 Å². The third-order valence-corrected chi connectivity index (χ3v) is 7.83. The van der Waals surface area contributed by atoms with Gasteiger partial charge in [-0.1, -0.05) is 30.0 Å². The fraction of sp³-hybridized carbons (Fsp3) is 0.529. The molecule has 10 heteroatoms. The first kappa shape index (κ1) is 20.5. The molecule has 0 bridgehead atoms. The Labute approximate surface area is 169 Å². The van der Waals surface area contributed by atoms with Crippen LogP contribution in [-0.4, -0.2) is 73.0 Å². The van der Waals surface area contributed by atoms with Gasteiger partial charge >= 0.3 is 0 Å². The quantitative estimate of drug-likeness (QED) is 0.715. The molecule has 27 heavy (non-hydrogen) atoms. The van der Waals surface area contributed by atoms with Gasteiger partial charge in [0.2, 0.25) is 15.9 Å². The number of hydrogen-bond donors (Lipinski definition) is 1. The molecule has 1 N–H and O–H groups in total. The highest BCUT2D eigenvalue weighted by atomic mass is 32.2. The zero-order valence-electron chi connectivity index (χ0n) is 14.9. The number of sulfonamides is 1. The van der Waals surface area contributed by atoms with Crippen molar-refractivity contribution in [2.24, 2.45) is 0 Å². The van der Waals surface area contributed by atoms with Crippen LogP contribution in [0.2, 0.25) is 0 Å². The first-order valence-corrected chi connectivity index (χ1v) is 11.7. The van der Waals surface area contributed by atoms with E-state index in [-0.39, 0.29) is 16.6 Å². The standard InChI is InChI=1S/C17H23N3O4S3/c21-16(13-26-17(25)19-6-1-2-7-19)18-14-4-3-5-15(12-14)27(22,23)20-8-10-24-11-9-20/h3-5,12H,1-2,6-11,13H2,(H,18,21). The summed E-state index contributed by atoms with van der Waals surface area (Å²) in [7, 11) is -3.59. The van der Waals surface area contributed by atoms with Crippen LogP contribution in [0.25, 0.3) is 0 Å². The van der Waals surface area contributed by atoms with Gasteiger partial charge in [-0.25, -0.2) is 8.42 Å². The van der Waals surface area contributed by atoms with Crippen LogP contribution in [-0.2, 0) is 19.6 Å². The summed E-state index contributed by atoms with van der Waals surface area (Å²) in [6.07, 6.45) is 2.27. The van der Waals surface area contributed by atoms with Crippen molar-refractivity contribution in [2.75, 3.05) is 50.5 Å². The fourth-order valence-corrected chi connectivity index (χ4v) is 5.49. The molecule has 0 spiro atoms. The number of hydrogen-bond acceptors (Lipinski definition) is 6. The number of carbonyl (C=O) groups is 1. The Hall–Kier alpha value is -1.20. The van der Waals surface area contributed by atoms with Gasteiger partial charge < -0.3 is 15.0 Å². The van der Waals surface area contributed by atoms with Crippen molar-refractivity contribution in [2.45, 2.75) is 17.7 Å². The number of morpholine rings is 1. The van der Waals surface area contributed by atoms with Crippen molar-refractivity contribution in [3.63, 3.8) is 0 Å². The van der Waals surface area contributed by atoms with Crippen LogP contribution in [0.15, 0.2) is 29.2 Å². The molecule has 0 radical (unpaired) electrons. The fourth-order valence-electron chi connectivity index (χ4n) is 2.99. The molecular formula is C17H23N3O4S3. The maximum absolute atomic E-state index is 12.7. The number of likely N-dealkylation sites (tertiary alicyclic amines) is 1. The summed E-state index contributed by atoms with van der Waals surface area (Å²) >= 11 is 6.69. The number of nitrogens with zero attached hydrogens (tertiary/aromatic N) is 2. The molecule has 1 aromatic rings. The molecule has 1 amide bonds. The molecule has 1 aromatic carbocycles. The normalized spacial score (nSPS) is 18.4. The smallest absolute Gasteiger partial charge is 0.243 e. The van der Waals surface area contributed by atoms with Crippen molar-refractivity contribution in [1.29, 1.82) is 0 Å². The number of anilines is 1. The van der Waals surface area contributed by atoms with Crippen LogP contribution in [0.1, 0.15) is 12.8 Å². The third kappa shape index (κ3) is 5.41. The topological polar surface area (TPSA) is 79.0 Å². The Morgan fingerprint density at radius 1 is 1.19 bits per heavy atom. The van der Waals surface area contributed by atoms with Crippen molar-refractivity contribution in [3.8, 4) is 0 Å². The minimum absolute atomic E-state index is 0.169. The van der Waals surface area contributed by atoms with E-state index >= 15 is 0 Å². The van der Waals surface area contributed by atoms with Crippen LogP contribution in [0.4, 0.5) is 5.69 Å². The second-order valence-corrected chi connectivity index (χ2v) is 9.89. The molecule has 0 saturated carbocycles. The van der Waals surface area contributed by atoms with Crippen LogP contribution in [0, 0.1) is 0 Å². The minimum Gasteiger partial charge on any atom is -0.379 e. The maximum atomic E-state index is 12.7. The van der Waals surface area contributed by atoms with Gasteiger partial charge in [-0.2, -0.15) is 4.31 Å². The highest BCUT2D eigenvalue weighted by Crippen LogP contribution is 2.21. The number of thioether (sulfide) groups is 1. The Bertz CT molecular complexity index is 788. The van der Waals surface area contributed by atoms with Gasteiger partial charge in [0.1, 0.15) is 4.32 Å². The van der Waals surface area contributed by atoms with Crippen molar-refractivity contribution in [3.05, 3.63) is 24.3 Å². The average molecular weight is 430 g/mol. The molecule has 2 fully saturated rings. The van der Waals surface area contributed by atoms with E-state index in [9.17, 15) is 13.2 Å². The molecule has 2 saturated heterocycles. The van der Waals surface area contributed by atoms with E-state index in [1.165, 1.54) is 28.2 Å². The summed E-state index contributed by atoms with van der Waals surface area (Å²) in [5.74, 6) is -0.00191. The van der Waals surface area contributed by atoms with E-state index in [0.29, 0.717) is 32.0 Å². The summed E-state index contributed by atoms with van der Waals surface area (Å²) in [6.45, 7) is 3.37. The highest BCUT2D eigenvalue weighted by molar-refractivity contribution is 8.23. The molecule has 0 aliphatic carbocycles. The number of amides is 1. The van der Waals surface area contributed by atoms with Gasteiger partial charge in [0.05, 0.1) is 23.9 Å². The molecule has 3 rings (SSSR count). The molecule has 0 unspecified atom stereocenters. The lowest BCUT2D eigenvalue weighted by Crippen LogP contribution is -2.40. The number of ether oxygens (including phenoxy) is 1. The second kappa shape index (κ2) is 9.33. The summed E-state index contributed by atoms with van der Waals surface area (Å²) in [4.78, 5) is 14.5. The zero-order chi connectivity index (χ0) is 19.3. The van der Waals surface area contributed by atoms with Crippen molar-refractivity contribution < 1.29 is 17.9 Å². The molecular weight excluding hydrogens is 406 g/mol. The Morgan fingerprint density at radius 3 is 2.59 bits per heavy atom. The number of thiocarbonyl (C=S) groups is 1. The Balaban J connectivity index is 1.58. The average Bonchev–Trinajstić information content (AvgIpc) is 3.22. The predicted octanol–water partition coefficient (Wildman–Crippen LogP) is 1.76. The molecule has 0 atom stereocenters. The summed E-state index contributed by atoms with van der Waals surface area (Å²) in [5.41, 5.74) is 0.460. The molecule has 2 aliphatic heterocycles. The van der Waals surface area contributed by atoms with Gasteiger partial charge in [-0.15, -0.1) is 0 Å². The summed E-state index contributed by atoms with van der Waals surface area (Å²) in [6, 6.07) is 6.34. The largest absolute Gasteiger partial charge is 0.379 e. The van der Waals surface area contributed by atoms with Gasteiger partial charge in [-0.3, -0.25) is 4.79 Å². The van der Waals surface area contributed by atoms with E-state index in [0.717, 1.165) is 30.3 Å². The maximum Gasteiger partial charge on any atom is 0.243 e. The molecule has 2 aliphatic rings. The Morgan fingerprint density at radius 2 is 1.89 bits per heavy atom. The minimum atomic E-state index is -3.59. The monoisotopic (exact) mass is 429 g/mol. The zero-order valence-corrected chi connectivity index (χ0v) is 17.4. The van der Waals surface area contributed by atoms with Crippen LogP contribution < -0.4 is 5.32 Å². The van der Waals surface area contributed by atoms with Crippen molar-refractivity contribution >= 4 is 49.9 Å². The number of benzene rings is 1. The van der Waals surface area contributed by atoms with E-state index in [2.05, 4.69) is 10.2 Å². The number of rotatable bonds is 5. The van der Waals surface area contributed by atoms with Gasteiger partial charge in [0.25, 0.3) is 0 Å². The second-order valence-electron chi connectivity index (χ2n) is 6.34. The van der Waals surface area contributed by atoms with E-state index in [1.54, 1.807) is 12.1 Å². The lowest BCUT2D eigenvalue weighted by atomic mass is 10.3. The molecule has 7 nitrogen and oxygen atoms in total. The van der Waals surface area contributed by atoms with E-state index in [1.807, 2.05) is 0 Å². The van der Waals surface area contributed by atoms with Crippen LogP contribution in [0.3, 0.4) is 0 Å². The van der Waals surface area contributed by atoms with Gasteiger partial charge in [-0.05, 0) is 31.0 Å². The SMILES string of the molecule is O=C(CSC(=S)N1CCCC1)Nc1cccc(S(=O)(=O)N2CCOCC2)c1. The van der Waals surface area contributed by atoms with E-state index < -0.39 is 10.0 Å².